The number of aromatic nitrogens is 1. The van der Waals surface area contributed by atoms with Gasteiger partial charge in [0.15, 0.2) is 4.64 Å². The van der Waals surface area contributed by atoms with E-state index in [1.165, 1.54) is 6.92 Å². The normalized spacial score (nSPS) is 10.7. The molecule has 1 aromatic heterocycles. The molecule has 21 heavy (non-hydrogen) atoms. The summed E-state index contributed by atoms with van der Waals surface area (Å²) in [5.74, 6) is -1.24. The summed E-state index contributed by atoms with van der Waals surface area (Å²) in [4.78, 5) is 26.4. The number of pyridine rings is 1. The summed E-state index contributed by atoms with van der Waals surface area (Å²) in [6.45, 7) is 2.72. The van der Waals surface area contributed by atoms with E-state index < -0.39 is 16.6 Å². The molecule has 3 N–H and O–H groups in total. The summed E-state index contributed by atoms with van der Waals surface area (Å²) < 4.78 is -0.0855. The zero-order valence-electron chi connectivity index (χ0n) is 12.1. The van der Waals surface area contributed by atoms with E-state index in [2.05, 4.69) is 10.3 Å². The van der Waals surface area contributed by atoms with Crippen LogP contribution >= 0.6 is 12.2 Å². The van der Waals surface area contributed by atoms with E-state index in [1.807, 2.05) is 19.0 Å². The fourth-order valence-corrected chi connectivity index (χ4v) is 2.26. The van der Waals surface area contributed by atoms with Gasteiger partial charge in [0.25, 0.3) is 0 Å². The van der Waals surface area contributed by atoms with Crippen LogP contribution in [0.25, 0.3) is 0 Å². The zero-order chi connectivity index (χ0) is 16.2. The maximum Gasteiger partial charge on any atom is 0.339 e. The van der Waals surface area contributed by atoms with Gasteiger partial charge in [-0.05, 0) is 34.0 Å². The Balaban J connectivity index is 3.21. The van der Waals surface area contributed by atoms with Gasteiger partial charge in [0.05, 0.1) is 4.92 Å². The number of hydrogen-bond donors (Lipinski definition) is 3. The van der Waals surface area contributed by atoms with Crippen LogP contribution in [0, 0.1) is 21.7 Å². The van der Waals surface area contributed by atoms with Crippen LogP contribution in [0.5, 0.6) is 0 Å². The summed E-state index contributed by atoms with van der Waals surface area (Å²) in [6.07, 6.45) is 0.716. The van der Waals surface area contributed by atoms with Crippen molar-refractivity contribution in [2.24, 2.45) is 0 Å². The number of anilines is 1. The summed E-state index contributed by atoms with van der Waals surface area (Å²) >= 11 is 4.93. The third-order valence-corrected chi connectivity index (χ3v) is 3.15. The highest BCUT2D eigenvalue weighted by Gasteiger charge is 2.26. The van der Waals surface area contributed by atoms with Crippen LogP contribution in [0.2, 0.25) is 0 Å². The van der Waals surface area contributed by atoms with Crippen molar-refractivity contribution in [1.82, 2.24) is 9.88 Å². The minimum absolute atomic E-state index is 0.0347. The molecule has 1 rings (SSSR count). The van der Waals surface area contributed by atoms with Crippen LogP contribution in [0.3, 0.4) is 0 Å². The number of rotatable bonds is 7. The summed E-state index contributed by atoms with van der Waals surface area (Å²) in [6, 6.07) is 0. The molecule has 0 unspecified atom stereocenters. The van der Waals surface area contributed by atoms with Crippen molar-refractivity contribution < 1.29 is 14.8 Å². The first kappa shape index (κ1) is 17.1. The highest BCUT2D eigenvalue weighted by Crippen LogP contribution is 2.30. The molecular formula is C12H18N4O4S. The van der Waals surface area contributed by atoms with E-state index in [1.54, 1.807) is 0 Å². The average Bonchev–Trinajstić information content (AvgIpc) is 2.32. The Morgan fingerprint density at radius 2 is 2.14 bits per heavy atom. The van der Waals surface area contributed by atoms with Gasteiger partial charge in [-0.25, -0.2) is 4.79 Å². The lowest BCUT2D eigenvalue weighted by atomic mass is 10.1. The third-order valence-electron chi connectivity index (χ3n) is 2.86. The Labute approximate surface area is 126 Å². The fourth-order valence-electron chi connectivity index (χ4n) is 1.93. The molecule has 0 amide bonds. The lowest BCUT2D eigenvalue weighted by Crippen LogP contribution is -2.18. The predicted octanol–water partition coefficient (Wildman–Crippen LogP) is 2.02. The highest BCUT2D eigenvalue weighted by atomic mass is 32.1. The number of carboxylic acids is 1. The largest absolute Gasteiger partial charge is 0.478 e. The molecular weight excluding hydrogens is 296 g/mol. The molecule has 1 aromatic rings. The lowest BCUT2D eigenvalue weighted by Gasteiger charge is -2.14. The minimum atomic E-state index is -1.24. The molecule has 0 aliphatic carbocycles. The van der Waals surface area contributed by atoms with Crippen molar-refractivity contribution in [1.29, 1.82) is 0 Å². The first-order valence-electron chi connectivity index (χ1n) is 6.28. The van der Waals surface area contributed by atoms with E-state index in [-0.39, 0.29) is 21.6 Å². The van der Waals surface area contributed by atoms with Gasteiger partial charge in [-0.1, -0.05) is 12.2 Å². The highest BCUT2D eigenvalue weighted by molar-refractivity contribution is 7.71. The van der Waals surface area contributed by atoms with Crippen molar-refractivity contribution in [3.8, 4) is 0 Å². The number of aromatic amines is 1. The number of nitrogens with zero attached hydrogens (tertiary/aromatic N) is 2. The maximum atomic E-state index is 11.3. The third kappa shape index (κ3) is 4.23. The molecule has 0 fully saturated rings. The van der Waals surface area contributed by atoms with Gasteiger partial charge in [-0.15, -0.1) is 0 Å². The van der Waals surface area contributed by atoms with E-state index in [4.69, 9.17) is 12.2 Å². The number of aromatic carboxylic acids is 1. The van der Waals surface area contributed by atoms with Gasteiger partial charge in [0.1, 0.15) is 11.3 Å². The van der Waals surface area contributed by atoms with Crippen LogP contribution < -0.4 is 5.32 Å². The van der Waals surface area contributed by atoms with Gasteiger partial charge in [0.2, 0.25) is 0 Å². The van der Waals surface area contributed by atoms with Gasteiger partial charge in [-0.2, -0.15) is 0 Å². The first-order valence-corrected chi connectivity index (χ1v) is 6.69. The Morgan fingerprint density at radius 1 is 1.52 bits per heavy atom. The molecule has 1 heterocycles. The van der Waals surface area contributed by atoms with Crippen molar-refractivity contribution in [2.75, 3.05) is 32.5 Å². The predicted molar refractivity (Wildman–Crippen MR) is 81.6 cm³/mol. The molecule has 0 atom stereocenters. The molecule has 0 saturated heterocycles. The summed E-state index contributed by atoms with van der Waals surface area (Å²) in [7, 11) is 3.82. The summed E-state index contributed by atoms with van der Waals surface area (Å²) in [5.41, 5.74) is -0.307. The second kappa shape index (κ2) is 7.14. The van der Waals surface area contributed by atoms with Gasteiger partial charge in [0, 0.05) is 12.2 Å². The van der Waals surface area contributed by atoms with Crippen LogP contribution in [0.1, 0.15) is 22.5 Å². The monoisotopic (exact) mass is 314 g/mol. The number of carboxylic acid groups (broad SMARTS) is 1. The molecule has 0 aliphatic rings. The average molecular weight is 314 g/mol. The van der Waals surface area contributed by atoms with Crippen molar-refractivity contribution in [3.63, 3.8) is 0 Å². The number of carbonyl (C=O) groups is 1. The molecule has 0 spiro atoms. The van der Waals surface area contributed by atoms with Crippen LogP contribution in [-0.4, -0.2) is 53.1 Å². The van der Waals surface area contributed by atoms with Gasteiger partial charge in [-0.3, -0.25) is 10.1 Å². The SMILES string of the molecule is Cc1[nH]c(=S)c([N+](=O)[O-])c(NCCCN(C)C)c1C(=O)O. The molecule has 116 valence electrons. The van der Waals surface area contributed by atoms with E-state index >= 15 is 0 Å². The Morgan fingerprint density at radius 3 is 2.62 bits per heavy atom. The van der Waals surface area contributed by atoms with Gasteiger partial charge < -0.3 is 20.3 Å². The molecule has 8 nitrogen and oxygen atoms in total. The number of H-pyrrole nitrogens is 1. The van der Waals surface area contributed by atoms with Gasteiger partial charge >= 0.3 is 11.7 Å². The van der Waals surface area contributed by atoms with E-state index in [0.717, 1.165) is 6.54 Å². The first-order chi connectivity index (χ1) is 9.75. The topological polar surface area (TPSA) is 111 Å². The molecule has 9 heteroatoms. The standard InChI is InChI=1S/C12H18N4O4S/c1-7-8(12(17)18)9(13-5-4-6-15(2)3)10(16(19)20)11(21)14-7/h4-6H2,1-3H3,(H,17,18)(H2,13,14,21). The maximum absolute atomic E-state index is 11.3. The van der Waals surface area contributed by atoms with E-state index in [9.17, 15) is 20.0 Å². The molecule has 0 saturated carbocycles. The Hall–Kier alpha value is -2.00. The Kier molecular flexibility index (Phi) is 5.79. The molecule has 0 aliphatic heterocycles. The number of aryl methyl sites for hydroxylation is 1. The number of nitrogens with one attached hydrogen (secondary N) is 2. The Bertz CT molecular complexity index is 612. The fraction of sp³-hybridized carbons (Fsp3) is 0.500. The van der Waals surface area contributed by atoms with E-state index in [0.29, 0.717) is 13.0 Å². The van der Waals surface area contributed by atoms with Crippen LogP contribution in [-0.2, 0) is 0 Å². The summed E-state index contributed by atoms with van der Waals surface area (Å²) in [5, 5.41) is 23.3. The molecule has 0 radical (unpaired) electrons. The zero-order valence-corrected chi connectivity index (χ0v) is 12.9. The molecule has 0 aromatic carbocycles. The van der Waals surface area contributed by atoms with Crippen molar-refractivity contribution in [3.05, 3.63) is 26.0 Å². The quantitative estimate of drug-likeness (QED) is 0.305. The van der Waals surface area contributed by atoms with Crippen LogP contribution in [0.15, 0.2) is 0 Å². The van der Waals surface area contributed by atoms with Crippen LogP contribution in [0.4, 0.5) is 11.4 Å². The molecule has 0 bridgehead atoms. The van der Waals surface area contributed by atoms with Crippen molar-refractivity contribution in [2.45, 2.75) is 13.3 Å². The number of hydrogen-bond acceptors (Lipinski definition) is 6. The minimum Gasteiger partial charge on any atom is -0.478 e. The van der Waals surface area contributed by atoms with Crippen molar-refractivity contribution >= 4 is 29.6 Å². The number of nitro groups is 1. The smallest absolute Gasteiger partial charge is 0.339 e. The lowest BCUT2D eigenvalue weighted by molar-refractivity contribution is -0.384. The second-order valence-electron chi connectivity index (χ2n) is 4.82. The second-order valence-corrected chi connectivity index (χ2v) is 5.23.